The zero-order chi connectivity index (χ0) is 19.2. The lowest BCUT2D eigenvalue weighted by Crippen LogP contribution is -2.32. The van der Waals surface area contributed by atoms with Crippen LogP contribution in [0, 0.1) is 0 Å². The predicted octanol–water partition coefficient (Wildman–Crippen LogP) is 4.29. The van der Waals surface area contributed by atoms with Crippen molar-refractivity contribution in [3.8, 4) is 11.5 Å². The van der Waals surface area contributed by atoms with E-state index in [1.807, 2.05) is 62.4 Å². The standard InChI is InChI=1S/C21H24N2O3S/c1-4-23-20(24)19(14-15-6-10-17(25-3)11-7-15)27-21(23)22-16-8-12-18(13-9-16)26-5-2/h6-13,19H,4-5,14H2,1-3H3/t19-/m0/s1. The zero-order valence-corrected chi connectivity index (χ0v) is 16.7. The summed E-state index contributed by atoms with van der Waals surface area (Å²) >= 11 is 1.53. The van der Waals surface area contributed by atoms with E-state index in [0.717, 1.165) is 27.9 Å². The Labute approximate surface area is 164 Å². The van der Waals surface area contributed by atoms with Crippen LogP contribution in [0.2, 0.25) is 0 Å². The summed E-state index contributed by atoms with van der Waals surface area (Å²) in [4.78, 5) is 19.2. The molecule has 6 heteroatoms. The van der Waals surface area contributed by atoms with Crippen LogP contribution in [0.5, 0.6) is 11.5 Å². The minimum atomic E-state index is -0.153. The molecule has 1 saturated heterocycles. The third kappa shape index (κ3) is 4.63. The number of ether oxygens (including phenoxy) is 2. The summed E-state index contributed by atoms with van der Waals surface area (Å²) in [7, 11) is 1.65. The molecule has 0 saturated carbocycles. The van der Waals surface area contributed by atoms with Crippen molar-refractivity contribution >= 4 is 28.5 Å². The molecule has 142 valence electrons. The fourth-order valence-electron chi connectivity index (χ4n) is 2.89. The van der Waals surface area contributed by atoms with Crippen molar-refractivity contribution < 1.29 is 14.3 Å². The molecule has 0 unspecified atom stereocenters. The van der Waals surface area contributed by atoms with E-state index in [1.165, 1.54) is 11.8 Å². The molecule has 0 spiro atoms. The second-order valence-corrected chi connectivity index (χ2v) is 7.23. The molecule has 5 nitrogen and oxygen atoms in total. The van der Waals surface area contributed by atoms with Crippen molar-refractivity contribution in [2.75, 3.05) is 20.3 Å². The first-order valence-corrected chi connectivity index (χ1v) is 9.95. The normalized spacial score (nSPS) is 18.2. The molecular weight excluding hydrogens is 360 g/mol. The number of nitrogens with zero attached hydrogens (tertiary/aromatic N) is 2. The number of hydrogen-bond donors (Lipinski definition) is 0. The van der Waals surface area contributed by atoms with Gasteiger partial charge in [0.15, 0.2) is 5.17 Å². The number of carbonyl (C=O) groups is 1. The highest BCUT2D eigenvalue weighted by Crippen LogP contribution is 2.32. The molecule has 0 aromatic heterocycles. The monoisotopic (exact) mass is 384 g/mol. The Hall–Kier alpha value is -2.47. The quantitative estimate of drug-likeness (QED) is 0.715. The maximum absolute atomic E-state index is 12.8. The van der Waals surface area contributed by atoms with Crippen LogP contribution in [0.1, 0.15) is 19.4 Å². The van der Waals surface area contributed by atoms with Crippen LogP contribution >= 0.6 is 11.8 Å². The molecule has 0 radical (unpaired) electrons. The van der Waals surface area contributed by atoms with Gasteiger partial charge >= 0.3 is 0 Å². The average Bonchev–Trinajstić information content (AvgIpc) is 2.98. The van der Waals surface area contributed by atoms with Crippen LogP contribution in [0.3, 0.4) is 0 Å². The Morgan fingerprint density at radius 1 is 1.04 bits per heavy atom. The third-order valence-corrected chi connectivity index (χ3v) is 5.46. The minimum Gasteiger partial charge on any atom is -0.497 e. The van der Waals surface area contributed by atoms with Gasteiger partial charge in [0.25, 0.3) is 0 Å². The highest BCUT2D eigenvalue weighted by molar-refractivity contribution is 8.15. The van der Waals surface area contributed by atoms with Gasteiger partial charge in [-0.2, -0.15) is 0 Å². The summed E-state index contributed by atoms with van der Waals surface area (Å²) in [5.74, 6) is 1.75. The second-order valence-electron chi connectivity index (χ2n) is 6.06. The van der Waals surface area contributed by atoms with E-state index in [0.29, 0.717) is 19.6 Å². The first kappa shape index (κ1) is 19.3. The molecule has 1 aliphatic rings. The smallest absolute Gasteiger partial charge is 0.242 e. The van der Waals surface area contributed by atoms with Gasteiger partial charge in [0.1, 0.15) is 11.5 Å². The number of amidine groups is 1. The van der Waals surface area contributed by atoms with Crippen molar-refractivity contribution in [2.45, 2.75) is 25.5 Å². The predicted molar refractivity (Wildman–Crippen MR) is 110 cm³/mol. The van der Waals surface area contributed by atoms with Gasteiger partial charge in [-0.15, -0.1) is 0 Å². The van der Waals surface area contributed by atoms with Crippen LogP contribution in [0.4, 0.5) is 5.69 Å². The second kappa shape index (κ2) is 8.95. The van der Waals surface area contributed by atoms with E-state index >= 15 is 0 Å². The lowest BCUT2D eigenvalue weighted by molar-refractivity contribution is -0.126. The van der Waals surface area contributed by atoms with Crippen LogP contribution < -0.4 is 9.47 Å². The Bertz CT molecular complexity index is 803. The molecular formula is C21H24N2O3S. The Kier molecular flexibility index (Phi) is 6.40. The Balaban J connectivity index is 1.74. The van der Waals surface area contributed by atoms with Crippen molar-refractivity contribution in [3.05, 3.63) is 54.1 Å². The minimum absolute atomic E-state index is 0.114. The lowest BCUT2D eigenvalue weighted by Gasteiger charge is -2.13. The number of benzene rings is 2. The molecule has 0 aliphatic carbocycles. The zero-order valence-electron chi connectivity index (χ0n) is 15.8. The van der Waals surface area contributed by atoms with E-state index < -0.39 is 0 Å². The van der Waals surface area contributed by atoms with Gasteiger partial charge in [-0.05, 0) is 62.2 Å². The van der Waals surface area contributed by atoms with Gasteiger partial charge in [0, 0.05) is 6.54 Å². The fourth-order valence-corrected chi connectivity index (χ4v) is 4.15. The SMILES string of the molecule is CCOc1ccc(N=C2S[C@@H](Cc3ccc(OC)cc3)C(=O)N2CC)cc1. The van der Waals surface area contributed by atoms with Gasteiger partial charge in [-0.25, -0.2) is 4.99 Å². The molecule has 0 bridgehead atoms. The lowest BCUT2D eigenvalue weighted by atomic mass is 10.1. The molecule has 0 N–H and O–H groups in total. The first-order chi connectivity index (χ1) is 13.1. The Morgan fingerprint density at radius 3 is 2.30 bits per heavy atom. The molecule has 1 fully saturated rings. The van der Waals surface area contributed by atoms with E-state index in [2.05, 4.69) is 0 Å². The summed E-state index contributed by atoms with van der Waals surface area (Å²) in [5, 5.41) is 0.602. The molecule has 3 rings (SSSR count). The number of rotatable bonds is 7. The number of amides is 1. The molecule has 1 atom stereocenters. The number of aliphatic imine (C=N–C) groups is 1. The number of methoxy groups -OCH3 is 1. The van der Waals surface area contributed by atoms with Crippen molar-refractivity contribution in [1.29, 1.82) is 0 Å². The number of carbonyl (C=O) groups excluding carboxylic acids is 1. The summed E-state index contributed by atoms with van der Waals surface area (Å²) in [6.45, 7) is 5.18. The van der Waals surface area contributed by atoms with E-state index in [1.54, 1.807) is 12.0 Å². The number of hydrogen-bond acceptors (Lipinski definition) is 5. The van der Waals surface area contributed by atoms with Gasteiger partial charge in [0.2, 0.25) is 5.91 Å². The van der Waals surface area contributed by atoms with Gasteiger partial charge in [0.05, 0.1) is 24.7 Å². The molecule has 27 heavy (non-hydrogen) atoms. The molecule has 1 amide bonds. The summed E-state index contributed by atoms with van der Waals surface area (Å²) < 4.78 is 10.7. The van der Waals surface area contributed by atoms with Crippen molar-refractivity contribution in [1.82, 2.24) is 4.90 Å². The van der Waals surface area contributed by atoms with Crippen molar-refractivity contribution in [2.24, 2.45) is 4.99 Å². The van der Waals surface area contributed by atoms with Crippen LogP contribution in [-0.2, 0) is 11.2 Å². The summed E-state index contributed by atoms with van der Waals surface area (Å²) in [5.41, 5.74) is 1.93. The van der Waals surface area contributed by atoms with Crippen LogP contribution in [0.15, 0.2) is 53.5 Å². The topological polar surface area (TPSA) is 51.1 Å². The van der Waals surface area contributed by atoms with E-state index in [9.17, 15) is 4.79 Å². The fraction of sp³-hybridized carbons (Fsp3) is 0.333. The van der Waals surface area contributed by atoms with E-state index in [4.69, 9.17) is 14.5 Å². The molecule has 2 aromatic rings. The summed E-state index contributed by atoms with van der Waals surface area (Å²) in [6.07, 6.45) is 0.673. The van der Waals surface area contributed by atoms with Crippen LogP contribution in [0.25, 0.3) is 0 Å². The van der Waals surface area contributed by atoms with Crippen LogP contribution in [-0.4, -0.2) is 41.5 Å². The highest BCUT2D eigenvalue weighted by atomic mass is 32.2. The van der Waals surface area contributed by atoms with Crippen molar-refractivity contribution in [3.63, 3.8) is 0 Å². The maximum Gasteiger partial charge on any atom is 0.242 e. The maximum atomic E-state index is 12.8. The van der Waals surface area contributed by atoms with E-state index in [-0.39, 0.29) is 11.2 Å². The Morgan fingerprint density at radius 2 is 1.70 bits per heavy atom. The first-order valence-electron chi connectivity index (χ1n) is 9.07. The summed E-state index contributed by atoms with van der Waals surface area (Å²) in [6, 6.07) is 15.5. The van der Waals surface area contributed by atoms with Gasteiger partial charge in [-0.3, -0.25) is 9.69 Å². The largest absolute Gasteiger partial charge is 0.497 e. The van der Waals surface area contributed by atoms with Gasteiger partial charge < -0.3 is 9.47 Å². The molecule has 1 heterocycles. The highest BCUT2D eigenvalue weighted by Gasteiger charge is 2.37. The molecule has 1 aliphatic heterocycles. The number of thioether (sulfide) groups is 1. The van der Waals surface area contributed by atoms with Gasteiger partial charge in [-0.1, -0.05) is 23.9 Å². The third-order valence-electron chi connectivity index (χ3n) is 4.29. The molecule has 2 aromatic carbocycles. The average molecular weight is 385 g/mol.